The molecule has 1 aromatic rings. The van der Waals surface area contributed by atoms with Gasteiger partial charge >= 0.3 is 0 Å². The van der Waals surface area contributed by atoms with Crippen LogP contribution in [-0.2, 0) is 0 Å². The molecule has 1 aliphatic carbocycles. The van der Waals surface area contributed by atoms with Crippen molar-refractivity contribution in [3.63, 3.8) is 0 Å². The Morgan fingerprint density at radius 2 is 2.06 bits per heavy atom. The molecular weight excluding hydrogens is 228 g/mol. The van der Waals surface area contributed by atoms with Crippen molar-refractivity contribution in [2.24, 2.45) is 5.92 Å². The first-order valence-corrected chi connectivity index (χ1v) is 6.45. The van der Waals surface area contributed by atoms with E-state index in [1.807, 2.05) is 13.8 Å². The molecule has 1 fully saturated rings. The predicted molar refractivity (Wildman–Crippen MR) is 72.6 cm³/mol. The Hall–Kier alpha value is -1.52. The van der Waals surface area contributed by atoms with Crippen molar-refractivity contribution >= 4 is 11.5 Å². The highest BCUT2D eigenvalue weighted by Crippen LogP contribution is 2.41. The number of ether oxygens (including phenoxy) is 1. The van der Waals surface area contributed by atoms with Crippen molar-refractivity contribution < 1.29 is 4.74 Å². The average molecular weight is 250 g/mol. The number of hydrogen-bond acceptors (Lipinski definition) is 5. The molecule has 5 heteroatoms. The third-order valence-corrected chi connectivity index (χ3v) is 3.23. The number of nitrogens with zero attached hydrogens (tertiary/aromatic N) is 2. The first kappa shape index (κ1) is 12.9. The van der Waals surface area contributed by atoms with Gasteiger partial charge in [0, 0.05) is 5.54 Å². The third-order valence-electron chi connectivity index (χ3n) is 3.23. The second-order valence-electron chi connectivity index (χ2n) is 5.73. The van der Waals surface area contributed by atoms with E-state index in [0.29, 0.717) is 23.3 Å². The highest BCUT2D eigenvalue weighted by Gasteiger charge is 2.38. The topological polar surface area (TPSA) is 73.1 Å². The van der Waals surface area contributed by atoms with E-state index in [-0.39, 0.29) is 11.6 Å². The normalized spacial score (nSPS) is 15.8. The van der Waals surface area contributed by atoms with E-state index in [9.17, 15) is 0 Å². The Balaban J connectivity index is 2.17. The van der Waals surface area contributed by atoms with E-state index < -0.39 is 0 Å². The first-order valence-electron chi connectivity index (χ1n) is 6.45. The summed E-state index contributed by atoms with van der Waals surface area (Å²) in [6.07, 6.45) is 4.06. The van der Waals surface area contributed by atoms with Gasteiger partial charge in [-0.3, -0.25) is 0 Å². The highest BCUT2D eigenvalue weighted by atomic mass is 16.5. The molecule has 2 rings (SSSR count). The lowest BCUT2D eigenvalue weighted by Crippen LogP contribution is -2.34. The van der Waals surface area contributed by atoms with Crippen LogP contribution in [0.1, 0.15) is 40.5 Å². The van der Waals surface area contributed by atoms with Crippen LogP contribution in [0.4, 0.5) is 11.5 Å². The van der Waals surface area contributed by atoms with E-state index in [2.05, 4.69) is 29.1 Å². The standard InChI is InChI=1S/C13H22N4O/c1-8(2)18-12-10(14)11(15-7-16-12)17-13(3,4)9-5-6-9/h7-9H,5-6,14H2,1-4H3,(H,15,16,17). The van der Waals surface area contributed by atoms with Crippen molar-refractivity contribution in [3.8, 4) is 5.88 Å². The van der Waals surface area contributed by atoms with Crippen molar-refractivity contribution in [2.45, 2.75) is 52.2 Å². The summed E-state index contributed by atoms with van der Waals surface area (Å²) in [5, 5.41) is 3.41. The molecule has 1 aliphatic rings. The summed E-state index contributed by atoms with van der Waals surface area (Å²) in [4.78, 5) is 8.29. The third kappa shape index (κ3) is 2.83. The van der Waals surface area contributed by atoms with Gasteiger partial charge in [-0.05, 0) is 46.5 Å². The van der Waals surface area contributed by atoms with Crippen molar-refractivity contribution in [1.29, 1.82) is 0 Å². The molecule has 0 aromatic carbocycles. The number of aromatic nitrogens is 2. The summed E-state index contributed by atoms with van der Waals surface area (Å²) in [6.45, 7) is 8.25. The van der Waals surface area contributed by atoms with E-state index in [1.54, 1.807) is 0 Å². The zero-order chi connectivity index (χ0) is 13.3. The van der Waals surface area contributed by atoms with Crippen molar-refractivity contribution in [2.75, 3.05) is 11.1 Å². The fraction of sp³-hybridized carbons (Fsp3) is 0.692. The Labute approximate surface area is 108 Å². The number of hydrogen-bond donors (Lipinski definition) is 2. The number of nitrogens with two attached hydrogens (primary N) is 1. The Kier molecular flexibility index (Phi) is 3.32. The van der Waals surface area contributed by atoms with E-state index in [1.165, 1.54) is 19.2 Å². The maximum atomic E-state index is 6.05. The summed E-state index contributed by atoms with van der Waals surface area (Å²) in [7, 11) is 0. The number of nitrogens with one attached hydrogen (secondary N) is 1. The zero-order valence-electron chi connectivity index (χ0n) is 11.5. The molecule has 18 heavy (non-hydrogen) atoms. The van der Waals surface area contributed by atoms with Crippen LogP contribution in [0.25, 0.3) is 0 Å². The van der Waals surface area contributed by atoms with Crippen molar-refractivity contribution in [3.05, 3.63) is 6.33 Å². The largest absolute Gasteiger partial charge is 0.473 e. The van der Waals surface area contributed by atoms with Crippen LogP contribution in [0.3, 0.4) is 0 Å². The lowest BCUT2D eigenvalue weighted by Gasteiger charge is -2.27. The monoisotopic (exact) mass is 250 g/mol. The molecule has 1 heterocycles. The summed E-state index contributed by atoms with van der Waals surface area (Å²) in [5.41, 5.74) is 6.54. The fourth-order valence-corrected chi connectivity index (χ4v) is 2.01. The average Bonchev–Trinajstić information content (AvgIpc) is 3.06. The van der Waals surface area contributed by atoms with E-state index >= 15 is 0 Å². The number of rotatable bonds is 5. The molecule has 0 radical (unpaired) electrons. The minimum absolute atomic E-state index is 0.0115. The lowest BCUT2D eigenvalue weighted by molar-refractivity contribution is 0.234. The molecule has 5 nitrogen and oxygen atoms in total. The van der Waals surface area contributed by atoms with Gasteiger partial charge in [-0.25, -0.2) is 4.98 Å². The van der Waals surface area contributed by atoms with Crippen LogP contribution in [0.5, 0.6) is 5.88 Å². The van der Waals surface area contributed by atoms with E-state index in [0.717, 1.165) is 0 Å². The molecule has 0 amide bonds. The van der Waals surface area contributed by atoms with Gasteiger partial charge in [0.1, 0.15) is 12.0 Å². The molecule has 0 aliphatic heterocycles. The Bertz CT molecular complexity index is 427. The van der Waals surface area contributed by atoms with Crippen LogP contribution in [0, 0.1) is 5.92 Å². The molecule has 0 bridgehead atoms. The second kappa shape index (κ2) is 4.63. The molecule has 0 atom stereocenters. The van der Waals surface area contributed by atoms with Gasteiger partial charge in [-0.15, -0.1) is 0 Å². The fourth-order valence-electron chi connectivity index (χ4n) is 2.01. The molecule has 3 N–H and O–H groups in total. The Morgan fingerprint density at radius 1 is 1.39 bits per heavy atom. The number of anilines is 2. The minimum Gasteiger partial charge on any atom is -0.473 e. The van der Waals surface area contributed by atoms with Gasteiger partial charge in [0.15, 0.2) is 5.82 Å². The van der Waals surface area contributed by atoms with Crippen molar-refractivity contribution in [1.82, 2.24) is 9.97 Å². The van der Waals surface area contributed by atoms with Crippen LogP contribution in [0.2, 0.25) is 0 Å². The van der Waals surface area contributed by atoms with Crippen LogP contribution >= 0.6 is 0 Å². The van der Waals surface area contributed by atoms with Gasteiger partial charge in [0.25, 0.3) is 0 Å². The quantitative estimate of drug-likeness (QED) is 0.839. The summed E-state index contributed by atoms with van der Waals surface area (Å²) in [6, 6.07) is 0. The second-order valence-corrected chi connectivity index (χ2v) is 5.73. The van der Waals surface area contributed by atoms with Gasteiger partial charge in [0.2, 0.25) is 5.88 Å². The van der Waals surface area contributed by atoms with Crippen LogP contribution in [-0.4, -0.2) is 21.6 Å². The van der Waals surface area contributed by atoms with Gasteiger partial charge in [-0.1, -0.05) is 0 Å². The molecular formula is C13H22N4O. The Morgan fingerprint density at radius 3 is 2.61 bits per heavy atom. The maximum absolute atomic E-state index is 6.05. The molecule has 1 saturated carbocycles. The smallest absolute Gasteiger partial charge is 0.242 e. The molecule has 0 saturated heterocycles. The summed E-state index contributed by atoms with van der Waals surface area (Å²) >= 11 is 0. The SMILES string of the molecule is CC(C)Oc1ncnc(NC(C)(C)C2CC2)c1N. The zero-order valence-corrected chi connectivity index (χ0v) is 11.5. The van der Waals surface area contributed by atoms with Gasteiger partial charge in [0.05, 0.1) is 6.10 Å². The predicted octanol–water partition coefficient (Wildman–Crippen LogP) is 2.45. The summed E-state index contributed by atoms with van der Waals surface area (Å²) < 4.78 is 5.56. The first-order chi connectivity index (χ1) is 8.40. The molecule has 100 valence electrons. The molecule has 0 spiro atoms. The maximum Gasteiger partial charge on any atom is 0.242 e. The minimum atomic E-state index is 0.0115. The van der Waals surface area contributed by atoms with Crippen LogP contribution in [0.15, 0.2) is 6.33 Å². The van der Waals surface area contributed by atoms with Crippen LogP contribution < -0.4 is 15.8 Å². The van der Waals surface area contributed by atoms with E-state index in [4.69, 9.17) is 10.5 Å². The lowest BCUT2D eigenvalue weighted by atomic mass is 9.99. The molecule has 1 aromatic heterocycles. The molecule has 0 unspecified atom stereocenters. The highest BCUT2D eigenvalue weighted by molar-refractivity contribution is 5.67. The van der Waals surface area contributed by atoms with Gasteiger partial charge < -0.3 is 15.8 Å². The summed E-state index contributed by atoms with van der Waals surface area (Å²) in [5.74, 6) is 1.81. The van der Waals surface area contributed by atoms with Gasteiger partial charge in [-0.2, -0.15) is 4.98 Å². The number of nitrogen functional groups attached to an aromatic ring is 1.